The summed E-state index contributed by atoms with van der Waals surface area (Å²) < 4.78 is 7.27. The van der Waals surface area contributed by atoms with E-state index < -0.39 is 0 Å². The van der Waals surface area contributed by atoms with Gasteiger partial charge in [-0.05, 0) is 26.2 Å². The van der Waals surface area contributed by atoms with Gasteiger partial charge in [0.2, 0.25) is 0 Å². The number of hydrogen-bond acceptors (Lipinski definition) is 4. The molecule has 7 heteroatoms. The van der Waals surface area contributed by atoms with Gasteiger partial charge in [0.15, 0.2) is 5.96 Å². The predicted molar refractivity (Wildman–Crippen MR) is 86.8 cm³/mol. The number of nitrogens with zero attached hydrogens (tertiary/aromatic N) is 5. The molecule has 1 saturated heterocycles. The predicted octanol–water partition coefficient (Wildman–Crippen LogP) is 0.992. The number of aryl methyl sites for hydroxylation is 1. The Morgan fingerprint density at radius 2 is 2.18 bits per heavy atom. The molecule has 1 aromatic heterocycles. The maximum atomic E-state index is 5.26. The molecule has 0 amide bonds. The number of nitrogens with one attached hydrogen (secondary N) is 1. The summed E-state index contributed by atoms with van der Waals surface area (Å²) in [6.07, 6.45) is 6.86. The van der Waals surface area contributed by atoms with Gasteiger partial charge in [-0.15, -0.1) is 10.2 Å². The number of likely N-dealkylation sites (tertiary alicyclic amines) is 1. The van der Waals surface area contributed by atoms with Crippen molar-refractivity contribution in [1.29, 1.82) is 0 Å². The van der Waals surface area contributed by atoms with E-state index in [1.165, 1.54) is 6.42 Å². The summed E-state index contributed by atoms with van der Waals surface area (Å²) in [6, 6.07) is 0. The molecule has 124 valence electrons. The summed E-state index contributed by atoms with van der Waals surface area (Å²) in [6.45, 7) is 7.79. The van der Waals surface area contributed by atoms with E-state index in [1.807, 2.05) is 4.57 Å². The summed E-state index contributed by atoms with van der Waals surface area (Å²) in [5.41, 5.74) is 0. The van der Waals surface area contributed by atoms with Crippen LogP contribution in [0.15, 0.2) is 17.6 Å². The number of methoxy groups -OCH3 is 1. The molecule has 0 aromatic carbocycles. The van der Waals surface area contributed by atoms with E-state index in [4.69, 9.17) is 9.73 Å². The van der Waals surface area contributed by atoms with Crippen LogP contribution in [0.3, 0.4) is 0 Å². The fraction of sp³-hybridized carbons (Fsp3) is 0.800. The average molecular weight is 308 g/mol. The molecule has 0 radical (unpaired) electrons. The van der Waals surface area contributed by atoms with E-state index in [1.54, 1.807) is 19.8 Å². The van der Waals surface area contributed by atoms with Crippen molar-refractivity contribution in [2.24, 2.45) is 10.9 Å². The molecule has 2 heterocycles. The van der Waals surface area contributed by atoms with Crippen LogP contribution in [0, 0.1) is 5.92 Å². The van der Waals surface area contributed by atoms with Gasteiger partial charge in [0.05, 0.1) is 6.61 Å². The topological polar surface area (TPSA) is 67.6 Å². The molecule has 0 aliphatic carbocycles. The van der Waals surface area contributed by atoms with Crippen LogP contribution in [-0.4, -0.2) is 65.5 Å². The Bertz CT molecular complexity index is 433. The standard InChI is InChI=1S/C15H28N6O/c1-3-16-15(21-9-6-14(10-21)11-22-2)17-7-4-5-8-20-12-18-19-13-20/h12-14H,3-11H2,1-2H3,(H,16,17). The van der Waals surface area contributed by atoms with Crippen molar-refractivity contribution in [2.75, 3.05) is 39.9 Å². The van der Waals surface area contributed by atoms with Gasteiger partial charge < -0.3 is 19.5 Å². The molecule has 0 spiro atoms. The highest BCUT2D eigenvalue weighted by Gasteiger charge is 2.24. The van der Waals surface area contributed by atoms with Gasteiger partial charge in [0, 0.05) is 45.8 Å². The highest BCUT2D eigenvalue weighted by Crippen LogP contribution is 2.16. The van der Waals surface area contributed by atoms with E-state index >= 15 is 0 Å². The third kappa shape index (κ3) is 5.29. The van der Waals surface area contributed by atoms with E-state index in [9.17, 15) is 0 Å². The lowest BCUT2D eigenvalue weighted by atomic mass is 10.1. The van der Waals surface area contributed by atoms with Crippen LogP contribution in [0.25, 0.3) is 0 Å². The number of unbranched alkanes of at least 4 members (excludes halogenated alkanes) is 1. The number of hydrogen-bond donors (Lipinski definition) is 1. The minimum Gasteiger partial charge on any atom is -0.384 e. The molecule has 7 nitrogen and oxygen atoms in total. The molecule has 1 atom stereocenters. The lowest BCUT2D eigenvalue weighted by Crippen LogP contribution is -2.40. The summed E-state index contributed by atoms with van der Waals surface area (Å²) in [5, 5.41) is 11.0. The van der Waals surface area contributed by atoms with Crippen LogP contribution in [0.5, 0.6) is 0 Å². The molecule has 1 N–H and O–H groups in total. The molecule has 1 fully saturated rings. The lowest BCUT2D eigenvalue weighted by Gasteiger charge is -2.21. The molecule has 22 heavy (non-hydrogen) atoms. The molecular weight excluding hydrogens is 280 g/mol. The SMILES string of the molecule is CCNC(=NCCCCn1cnnc1)N1CCC(COC)C1. The highest BCUT2D eigenvalue weighted by molar-refractivity contribution is 5.80. The first-order valence-corrected chi connectivity index (χ1v) is 8.18. The number of aliphatic imine (C=N–C) groups is 1. The van der Waals surface area contributed by atoms with Crippen molar-refractivity contribution in [3.05, 3.63) is 12.7 Å². The van der Waals surface area contributed by atoms with Crippen LogP contribution in [-0.2, 0) is 11.3 Å². The second-order valence-electron chi connectivity index (χ2n) is 5.70. The van der Waals surface area contributed by atoms with Gasteiger partial charge in [-0.3, -0.25) is 4.99 Å². The van der Waals surface area contributed by atoms with Gasteiger partial charge in [0.1, 0.15) is 12.7 Å². The normalized spacial score (nSPS) is 18.9. The molecule has 0 bridgehead atoms. The fourth-order valence-corrected chi connectivity index (χ4v) is 2.75. The molecule has 1 aliphatic heterocycles. The van der Waals surface area contributed by atoms with E-state index in [0.29, 0.717) is 5.92 Å². The van der Waals surface area contributed by atoms with Gasteiger partial charge in [-0.1, -0.05) is 0 Å². The lowest BCUT2D eigenvalue weighted by molar-refractivity contribution is 0.157. The Balaban J connectivity index is 1.72. The van der Waals surface area contributed by atoms with Crippen molar-refractivity contribution in [1.82, 2.24) is 25.0 Å². The summed E-state index contributed by atoms with van der Waals surface area (Å²) in [4.78, 5) is 7.11. The molecule has 1 aliphatic rings. The smallest absolute Gasteiger partial charge is 0.193 e. The van der Waals surface area contributed by atoms with Crippen molar-refractivity contribution >= 4 is 5.96 Å². The Morgan fingerprint density at radius 1 is 1.36 bits per heavy atom. The summed E-state index contributed by atoms with van der Waals surface area (Å²) in [7, 11) is 1.78. The van der Waals surface area contributed by atoms with Crippen molar-refractivity contribution < 1.29 is 4.74 Å². The summed E-state index contributed by atoms with van der Waals surface area (Å²) >= 11 is 0. The van der Waals surface area contributed by atoms with Gasteiger partial charge in [-0.2, -0.15) is 0 Å². The van der Waals surface area contributed by atoms with E-state index in [-0.39, 0.29) is 0 Å². The van der Waals surface area contributed by atoms with Crippen LogP contribution in [0.2, 0.25) is 0 Å². The fourth-order valence-electron chi connectivity index (χ4n) is 2.75. The van der Waals surface area contributed by atoms with Crippen molar-refractivity contribution in [3.63, 3.8) is 0 Å². The molecular formula is C15H28N6O. The second-order valence-corrected chi connectivity index (χ2v) is 5.70. The minimum atomic E-state index is 0.627. The zero-order chi connectivity index (χ0) is 15.6. The Hall–Kier alpha value is -1.63. The third-order valence-electron chi connectivity index (χ3n) is 3.88. The van der Waals surface area contributed by atoms with Gasteiger partial charge in [-0.25, -0.2) is 0 Å². The Labute approximate surface area is 132 Å². The van der Waals surface area contributed by atoms with Gasteiger partial charge in [0.25, 0.3) is 0 Å². The number of rotatable bonds is 8. The van der Waals surface area contributed by atoms with Crippen LogP contribution in [0.1, 0.15) is 26.2 Å². The van der Waals surface area contributed by atoms with Crippen LogP contribution >= 0.6 is 0 Å². The minimum absolute atomic E-state index is 0.627. The van der Waals surface area contributed by atoms with E-state index in [0.717, 1.165) is 58.1 Å². The molecule has 0 saturated carbocycles. The number of guanidine groups is 1. The molecule has 2 rings (SSSR count). The monoisotopic (exact) mass is 308 g/mol. The van der Waals surface area contributed by atoms with E-state index in [2.05, 4.69) is 27.3 Å². The first-order chi connectivity index (χ1) is 10.8. The summed E-state index contributed by atoms with van der Waals surface area (Å²) in [5.74, 6) is 1.67. The van der Waals surface area contributed by atoms with Gasteiger partial charge >= 0.3 is 0 Å². The molecule has 1 unspecified atom stereocenters. The second kappa shape index (κ2) is 9.40. The maximum Gasteiger partial charge on any atom is 0.193 e. The quantitative estimate of drug-likeness (QED) is 0.441. The number of aromatic nitrogens is 3. The van der Waals surface area contributed by atoms with Crippen molar-refractivity contribution in [2.45, 2.75) is 32.7 Å². The zero-order valence-electron chi connectivity index (χ0n) is 13.7. The van der Waals surface area contributed by atoms with Crippen LogP contribution < -0.4 is 5.32 Å². The first-order valence-electron chi connectivity index (χ1n) is 8.18. The zero-order valence-corrected chi connectivity index (χ0v) is 13.7. The average Bonchev–Trinajstić information content (AvgIpc) is 3.18. The highest BCUT2D eigenvalue weighted by atomic mass is 16.5. The third-order valence-corrected chi connectivity index (χ3v) is 3.88. The molecule has 1 aromatic rings. The largest absolute Gasteiger partial charge is 0.384 e. The van der Waals surface area contributed by atoms with Crippen LogP contribution in [0.4, 0.5) is 0 Å². The first kappa shape index (κ1) is 16.7. The maximum absolute atomic E-state index is 5.26. The number of ether oxygens (including phenoxy) is 1. The van der Waals surface area contributed by atoms with Crippen molar-refractivity contribution in [3.8, 4) is 0 Å². The Kier molecular flexibility index (Phi) is 7.15. The Morgan fingerprint density at radius 3 is 2.91 bits per heavy atom.